The standard InChI is InChI=1S/C8H14N4O2S/c1-10-15(13,14)5-4-11-7-2-3-8(9)12-6-7/h2-3,6,10-11H,4-5H2,1H3,(H2,9,12). The molecule has 0 amide bonds. The van der Waals surface area contributed by atoms with Crippen LogP contribution >= 0.6 is 0 Å². The number of pyridine rings is 1. The van der Waals surface area contributed by atoms with Crippen molar-refractivity contribution in [3.8, 4) is 0 Å². The zero-order valence-corrected chi connectivity index (χ0v) is 9.21. The fourth-order valence-electron chi connectivity index (χ4n) is 0.942. The molecular weight excluding hydrogens is 216 g/mol. The van der Waals surface area contributed by atoms with E-state index in [0.29, 0.717) is 12.4 Å². The Morgan fingerprint density at radius 3 is 2.73 bits per heavy atom. The molecule has 1 aromatic rings. The molecule has 84 valence electrons. The topological polar surface area (TPSA) is 97.1 Å². The van der Waals surface area contributed by atoms with Crippen LogP contribution < -0.4 is 15.8 Å². The van der Waals surface area contributed by atoms with E-state index in [-0.39, 0.29) is 5.75 Å². The molecule has 0 fully saturated rings. The van der Waals surface area contributed by atoms with Crippen molar-refractivity contribution in [1.82, 2.24) is 9.71 Å². The van der Waals surface area contributed by atoms with Gasteiger partial charge in [-0.15, -0.1) is 0 Å². The molecule has 4 N–H and O–H groups in total. The van der Waals surface area contributed by atoms with Crippen molar-refractivity contribution in [2.75, 3.05) is 30.4 Å². The van der Waals surface area contributed by atoms with E-state index in [1.54, 1.807) is 18.3 Å². The van der Waals surface area contributed by atoms with Gasteiger partial charge in [-0.2, -0.15) is 0 Å². The smallest absolute Gasteiger partial charge is 0.213 e. The number of sulfonamides is 1. The molecule has 0 saturated heterocycles. The predicted molar refractivity (Wildman–Crippen MR) is 60.0 cm³/mol. The number of nitrogens with zero attached hydrogens (tertiary/aromatic N) is 1. The van der Waals surface area contributed by atoms with Gasteiger partial charge in [0.25, 0.3) is 0 Å². The largest absolute Gasteiger partial charge is 0.384 e. The number of nitrogens with one attached hydrogen (secondary N) is 2. The first-order chi connectivity index (χ1) is 7.03. The van der Waals surface area contributed by atoms with Crippen LogP contribution in [0.5, 0.6) is 0 Å². The summed E-state index contributed by atoms with van der Waals surface area (Å²) in [5, 5.41) is 2.93. The van der Waals surface area contributed by atoms with Crippen molar-refractivity contribution in [3.63, 3.8) is 0 Å². The Labute approximate surface area is 88.9 Å². The fourth-order valence-corrected chi connectivity index (χ4v) is 1.52. The Hall–Kier alpha value is -1.34. The van der Waals surface area contributed by atoms with E-state index in [2.05, 4.69) is 15.0 Å². The van der Waals surface area contributed by atoms with Crippen LogP contribution in [-0.4, -0.2) is 32.7 Å². The third-order valence-corrected chi connectivity index (χ3v) is 3.16. The molecule has 0 spiro atoms. The number of hydrogen-bond acceptors (Lipinski definition) is 5. The molecule has 1 rings (SSSR count). The molecule has 0 atom stereocenters. The maximum absolute atomic E-state index is 11.1. The molecule has 15 heavy (non-hydrogen) atoms. The second-order valence-corrected chi connectivity index (χ2v) is 4.97. The zero-order chi connectivity index (χ0) is 11.3. The maximum atomic E-state index is 11.1. The number of aromatic nitrogens is 1. The van der Waals surface area contributed by atoms with Crippen LogP contribution in [0.25, 0.3) is 0 Å². The van der Waals surface area contributed by atoms with Gasteiger partial charge in [-0.05, 0) is 19.2 Å². The van der Waals surface area contributed by atoms with Crippen molar-refractivity contribution in [2.45, 2.75) is 0 Å². The van der Waals surface area contributed by atoms with Crippen LogP contribution in [-0.2, 0) is 10.0 Å². The SMILES string of the molecule is CNS(=O)(=O)CCNc1ccc(N)nc1. The summed E-state index contributed by atoms with van der Waals surface area (Å²) in [5.41, 5.74) is 6.15. The molecule has 6 nitrogen and oxygen atoms in total. The Kier molecular flexibility index (Phi) is 3.87. The van der Waals surface area contributed by atoms with E-state index in [4.69, 9.17) is 5.73 Å². The summed E-state index contributed by atoms with van der Waals surface area (Å²) in [5.74, 6) is 0.455. The molecule has 1 heterocycles. The normalized spacial score (nSPS) is 11.3. The average Bonchev–Trinajstić information content (AvgIpc) is 2.21. The minimum absolute atomic E-state index is 0.0217. The molecule has 0 aliphatic rings. The van der Waals surface area contributed by atoms with Gasteiger partial charge in [0.05, 0.1) is 17.6 Å². The maximum Gasteiger partial charge on any atom is 0.213 e. The van der Waals surface area contributed by atoms with Gasteiger partial charge in [0.1, 0.15) is 5.82 Å². The molecule has 0 aliphatic carbocycles. The van der Waals surface area contributed by atoms with Crippen LogP contribution in [0.2, 0.25) is 0 Å². The lowest BCUT2D eigenvalue weighted by molar-refractivity contribution is 0.588. The van der Waals surface area contributed by atoms with Crippen molar-refractivity contribution >= 4 is 21.5 Å². The summed E-state index contributed by atoms with van der Waals surface area (Å²) < 4.78 is 24.3. The zero-order valence-electron chi connectivity index (χ0n) is 8.40. The number of rotatable bonds is 5. The molecule has 0 aromatic carbocycles. The molecule has 0 saturated carbocycles. The van der Waals surface area contributed by atoms with E-state index < -0.39 is 10.0 Å². The first-order valence-electron chi connectivity index (χ1n) is 4.40. The van der Waals surface area contributed by atoms with E-state index in [1.165, 1.54) is 7.05 Å². The molecule has 0 aliphatic heterocycles. The van der Waals surface area contributed by atoms with Gasteiger partial charge in [0.15, 0.2) is 0 Å². The highest BCUT2D eigenvalue weighted by Gasteiger charge is 2.05. The fraction of sp³-hybridized carbons (Fsp3) is 0.375. The van der Waals surface area contributed by atoms with E-state index >= 15 is 0 Å². The van der Waals surface area contributed by atoms with E-state index in [1.807, 2.05) is 0 Å². The lowest BCUT2D eigenvalue weighted by Crippen LogP contribution is -2.26. The van der Waals surface area contributed by atoms with Crippen LogP contribution in [0.1, 0.15) is 0 Å². The Bertz CT molecular complexity index is 401. The van der Waals surface area contributed by atoms with Crippen LogP contribution in [0.4, 0.5) is 11.5 Å². The summed E-state index contributed by atoms with van der Waals surface area (Å²) in [6, 6.07) is 3.39. The molecule has 1 aromatic heterocycles. The van der Waals surface area contributed by atoms with Crippen LogP contribution in [0, 0.1) is 0 Å². The second-order valence-electron chi connectivity index (χ2n) is 2.92. The molecular formula is C8H14N4O2S. The molecule has 0 radical (unpaired) electrons. The summed E-state index contributed by atoms with van der Waals surface area (Å²) in [6.07, 6.45) is 1.56. The van der Waals surface area contributed by atoms with Crippen LogP contribution in [0.15, 0.2) is 18.3 Å². The highest BCUT2D eigenvalue weighted by Crippen LogP contribution is 2.06. The van der Waals surface area contributed by atoms with E-state index in [0.717, 1.165) is 5.69 Å². The predicted octanol–water partition coefficient (Wildman–Crippen LogP) is -0.375. The van der Waals surface area contributed by atoms with Gasteiger partial charge < -0.3 is 11.1 Å². The lowest BCUT2D eigenvalue weighted by atomic mass is 10.4. The van der Waals surface area contributed by atoms with Crippen molar-refractivity contribution in [3.05, 3.63) is 18.3 Å². The number of hydrogen-bond donors (Lipinski definition) is 3. The average molecular weight is 230 g/mol. The number of anilines is 2. The van der Waals surface area contributed by atoms with Crippen LogP contribution in [0.3, 0.4) is 0 Å². The first kappa shape index (κ1) is 11.7. The van der Waals surface area contributed by atoms with Crippen molar-refractivity contribution in [2.24, 2.45) is 0 Å². The summed E-state index contributed by atoms with van der Waals surface area (Å²) in [4.78, 5) is 3.86. The second kappa shape index (κ2) is 4.94. The van der Waals surface area contributed by atoms with E-state index in [9.17, 15) is 8.42 Å². The Morgan fingerprint density at radius 2 is 2.20 bits per heavy atom. The minimum atomic E-state index is -3.16. The minimum Gasteiger partial charge on any atom is -0.384 e. The highest BCUT2D eigenvalue weighted by molar-refractivity contribution is 7.89. The molecule has 0 unspecified atom stereocenters. The van der Waals surface area contributed by atoms with Gasteiger partial charge in [0.2, 0.25) is 10.0 Å². The third kappa shape index (κ3) is 4.13. The van der Waals surface area contributed by atoms with Gasteiger partial charge in [-0.25, -0.2) is 18.1 Å². The van der Waals surface area contributed by atoms with Gasteiger partial charge in [-0.1, -0.05) is 0 Å². The van der Waals surface area contributed by atoms with Crippen molar-refractivity contribution < 1.29 is 8.42 Å². The summed E-state index contributed by atoms with van der Waals surface area (Å²) >= 11 is 0. The number of nitrogens with two attached hydrogens (primary N) is 1. The monoisotopic (exact) mass is 230 g/mol. The Balaban J connectivity index is 2.42. The lowest BCUT2D eigenvalue weighted by Gasteiger charge is -2.06. The molecule has 7 heteroatoms. The third-order valence-electron chi connectivity index (χ3n) is 1.80. The van der Waals surface area contributed by atoms with Gasteiger partial charge in [-0.3, -0.25) is 0 Å². The van der Waals surface area contributed by atoms with Crippen molar-refractivity contribution in [1.29, 1.82) is 0 Å². The van der Waals surface area contributed by atoms with Gasteiger partial charge in [0, 0.05) is 6.54 Å². The van der Waals surface area contributed by atoms with Gasteiger partial charge >= 0.3 is 0 Å². The first-order valence-corrected chi connectivity index (χ1v) is 6.05. The quantitative estimate of drug-likeness (QED) is 0.641. The summed E-state index contributed by atoms with van der Waals surface area (Å²) in [6.45, 7) is 0.328. The highest BCUT2D eigenvalue weighted by atomic mass is 32.2. The number of nitrogen functional groups attached to an aromatic ring is 1. The molecule has 0 bridgehead atoms. The Morgan fingerprint density at radius 1 is 1.47 bits per heavy atom. The summed E-state index contributed by atoms with van der Waals surface area (Å²) in [7, 11) is -1.77.